The Morgan fingerprint density at radius 3 is 2.40 bits per heavy atom. The minimum absolute atomic E-state index is 0.0537. The van der Waals surface area contributed by atoms with Gasteiger partial charge in [-0.15, -0.1) is 0 Å². The van der Waals surface area contributed by atoms with Crippen LogP contribution in [0.25, 0.3) is 0 Å². The van der Waals surface area contributed by atoms with Crippen LogP contribution in [-0.2, 0) is 14.9 Å². The van der Waals surface area contributed by atoms with Gasteiger partial charge >= 0.3 is 0 Å². The molecule has 2 aromatic rings. The first-order valence-electron chi connectivity index (χ1n) is 10.9. The lowest BCUT2D eigenvalue weighted by Crippen LogP contribution is -2.53. The smallest absolute Gasteiger partial charge is 0.231 e. The molecule has 1 unspecified atom stereocenters. The number of carbonyl (C=O) groups is 1. The van der Waals surface area contributed by atoms with Crippen LogP contribution in [0.3, 0.4) is 0 Å². The molecular weight excluding hydrogens is 381 g/mol. The highest BCUT2D eigenvalue weighted by Gasteiger charge is 2.42. The molecule has 1 amide bonds. The number of hydrogen-bond donors (Lipinski definition) is 1. The maximum absolute atomic E-state index is 13.4. The standard InChI is InChI=1S/C24H30FN3O2/c1-18(19-6-12-26-13-7-19)28-14-8-22(9-15-28)27-23(29)24(10-16-30-17-11-24)20-2-4-21(25)5-3-20/h2-7,12-13,18,22H,8-11,14-17H2,1H3,(H,27,29). The molecule has 1 atom stereocenters. The summed E-state index contributed by atoms with van der Waals surface area (Å²) in [5.41, 5.74) is 1.52. The van der Waals surface area contributed by atoms with E-state index < -0.39 is 5.41 Å². The van der Waals surface area contributed by atoms with E-state index in [0.29, 0.717) is 32.1 Å². The molecule has 1 aromatic heterocycles. The monoisotopic (exact) mass is 411 g/mol. The van der Waals surface area contributed by atoms with Gasteiger partial charge in [-0.2, -0.15) is 0 Å². The van der Waals surface area contributed by atoms with Crippen LogP contribution in [0.15, 0.2) is 48.8 Å². The van der Waals surface area contributed by atoms with Gasteiger partial charge in [-0.05, 0) is 68.0 Å². The Morgan fingerprint density at radius 1 is 1.13 bits per heavy atom. The third kappa shape index (κ3) is 4.40. The minimum Gasteiger partial charge on any atom is -0.381 e. The van der Waals surface area contributed by atoms with Crippen LogP contribution in [0.5, 0.6) is 0 Å². The normalized spacial score (nSPS) is 21.1. The molecule has 30 heavy (non-hydrogen) atoms. The number of piperidine rings is 1. The predicted octanol–water partition coefficient (Wildman–Crippen LogP) is 3.61. The summed E-state index contributed by atoms with van der Waals surface area (Å²) < 4.78 is 19.0. The number of amides is 1. The molecule has 2 aliphatic heterocycles. The first-order valence-corrected chi connectivity index (χ1v) is 10.9. The quantitative estimate of drug-likeness (QED) is 0.817. The van der Waals surface area contributed by atoms with Crippen molar-refractivity contribution in [2.75, 3.05) is 26.3 Å². The SMILES string of the molecule is CC(c1ccncc1)N1CCC(NC(=O)C2(c3ccc(F)cc3)CCOCC2)CC1. The number of nitrogens with one attached hydrogen (secondary N) is 1. The van der Waals surface area contributed by atoms with Crippen molar-refractivity contribution in [1.82, 2.24) is 15.2 Å². The number of pyridine rings is 1. The van der Waals surface area contributed by atoms with Gasteiger partial charge in [0.15, 0.2) is 0 Å². The van der Waals surface area contributed by atoms with Crippen LogP contribution < -0.4 is 5.32 Å². The summed E-state index contributed by atoms with van der Waals surface area (Å²) in [6, 6.07) is 11.0. The molecule has 0 radical (unpaired) electrons. The lowest BCUT2D eigenvalue weighted by Gasteiger charge is -2.40. The summed E-state index contributed by atoms with van der Waals surface area (Å²) in [6.45, 7) is 5.21. The second-order valence-electron chi connectivity index (χ2n) is 8.44. The van der Waals surface area contributed by atoms with E-state index in [0.717, 1.165) is 31.5 Å². The number of ether oxygens (including phenoxy) is 1. The van der Waals surface area contributed by atoms with Gasteiger partial charge in [-0.1, -0.05) is 12.1 Å². The molecule has 0 aliphatic carbocycles. The molecule has 6 heteroatoms. The van der Waals surface area contributed by atoms with Crippen LogP contribution in [0.1, 0.15) is 49.8 Å². The molecule has 0 bridgehead atoms. The first kappa shape index (κ1) is 20.9. The molecule has 160 valence electrons. The van der Waals surface area contributed by atoms with Crippen molar-refractivity contribution >= 4 is 5.91 Å². The Kier molecular flexibility index (Phi) is 6.44. The summed E-state index contributed by atoms with van der Waals surface area (Å²) in [5, 5.41) is 3.32. The molecule has 0 saturated carbocycles. The topological polar surface area (TPSA) is 54.5 Å². The second kappa shape index (κ2) is 9.23. The number of aromatic nitrogens is 1. The fraction of sp³-hybridized carbons (Fsp3) is 0.500. The molecule has 1 N–H and O–H groups in total. The van der Waals surface area contributed by atoms with Crippen LogP contribution >= 0.6 is 0 Å². The predicted molar refractivity (Wildman–Crippen MR) is 114 cm³/mol. The van der Waals surface area contributed by atoms with E-state index in [1.807, 2.05) is 12.4 Å². The summed E-state index contributed by atoms with van der Waals surface area (Å²) in [5.74, 6) is -0.227. The fourth-order valence-corrected chi connectivity index (χ4v) is 4.74. The third-order valence-corrected chi connectivity index (χ3v) is 6.78. The molecule has 1 aromatic carbocycles. The highest BCUT2D eigenvalue weighted by molar-refractivity contribution is 5.88. The lowest BCUT2D eigenvalue weighted by molar-refractivity contribution is -0.131. The number of benzene rings is 1. The van der Waals surface area contributed by atoms with Crippen molar-refractivity contribution in [3.8, 4) is 0 Å². The summed E-state index contributed by atoms with van der Waals surface area (Å²) in [7, 11) is 0. The van der Waals surface area contributed by atoms with Gasteiger partial charge in [0.05, 0.1) is 5.41 Å². The van der Waals surface area contributed by atoms with E-state index in [1.165, 1.54) is 17.7 Å². The average molecular weight is 412 g/mol. The van der Waals surface area contributed by atoms with E-state index in [9.17, 15) is 9.18 Å². The molecule has 0 spiro atoms. The number of hydrogen-bond acceptors (Lipinski definition) is 4. The fourth-order valence-electron chi connectivity index (χ4n) is 4.74. The number of halogens is 1. The van der Waals surface area contributed by atoms with Gasteiger partial charge in [0.1, 0.15) is 5.82 Å². The maximum Gasteiger partial charge on any atom is 0.231 e. The first-order chi connectivity index (χ1) is 14.6. The Hall–Kier alpha value is -2.31. The van der Waals surface area contributed by atoms with Crippen molar-refractivity contribution in [1.29, 1.82) is 0 Å². The number of nitrogens with zero attached hydrogens (tertiary/aromatic N) is 2. The van der Waals surface area contributed by atoms with Crippen molar-refractivity contribution < 1.29 is 13.9 Å². The van der Waals surface area contributed by atoms with Crippen molar-refractivity contribution in [2.45, 2.75) is 50.1 Å². The highest BCUT2D eigenvalue weighted by Crippen LogP contribution is 2.36. The Bertz CT molecular complexity index is 829. The molecule has 2 aliphatic rings. The van der Waals surface area contributed by atoms with Gasteiger partial charge in [0, 0.05) is 50.8 Å². The van der Waals surface area contributed by atoms with E-state index >= 15 is 0 Å². The van der Waals surface area contributed by atoms with Crippen LogP contribution in [0, 0.1) is 5.82 Å². The summed E-state index contributed by atoms with van der Waals surface area (Å²) in [4.78, 5) is 20.0. The molecule has 3 heterocycles. The van der Waals surface area contributed by atoms with E-state index in [-0.39, 0.29) is 17.8 Å². The number of likely N-dealkylation sites (tertiary alicyclic amines) is 1. The largest absolute Gasteiger partial charge is 0.381 e. The third-order valence-electron chi connectivity index (χ3n) is 6.78. The number of rotatable bonds is 5. The summed E-state index contributed by atoms with van der Waals surface area (Å²) >= 11 is 0. The molecule has 5 nitrogen and oxygen atoms in total. The zero-order valence-electron chi connectivity index (χ0n) is 17.5. The maximum atomic E-state index is 13.4. The van der Waals surface area contributed by atoms with Gasteiger partial charge in [-0.25, -0.2) is 4.39 Å². The number of carbonyl (C=O) groups excluding carboxylic acids is 1. The van der Waals surface area contributed by atoms with Crippen molar-refractivity contribution in [3.63, 3.8) is 0 Å². The van der Waals surface area contributed by atoms with E-state index in [2.05, 4.69) is 34.3 Å². The lowest BCUT2D eigenvalue weighted by atomic mass is 9.73. The van der Waals surface area contributed by atoms with E-state index in [4.69, 9.17) is 4.74 Å². The Balaban J connectivity index is 1.40. The average Bonchev–Trinajstić information content (AvgIpc) is 2.80. The second-order valence-corrected chi connectivity index (χ2v) is 8.44. The molecule has 2 fully saturated rings. The molecular formula is C24H30FN3O2. The van der Waals surface area contributed by atoms with Crippen LogP contribution in [0.2, 0.25) is 0 Å². The minimum atomic E-state index is -0.632. The zero-order valence-corrected chi connectivity index (χ0v) is 17.5. The van der Waals surface area contributed by atoms with Crippen LogP contribution in [-0.4, -0.2) is 48.1 Å². The highest BCUT2D eigenvalue weighted by atomic mass is 19.1. The van der Waals surface area contributed by atoms with Crippen LogP contribution in [0.4, 0.5) is 4.39 Å². The molecule has 2 saturated heterocycles. The van der Waals surface area contributed by atoms with E-state index in [1.54, 1.807) is 12.1 Å². The zero-order chi connectivity index (χ0) is 21.0. The van der Waals surface area contributed by atoms with Crippen molar-refractivity contribution in [2.24, 2.45) is 0 Å². The van der Waals surface area contributed by atoms with Gasteiger partial charge in [0.2, 0.25) is 5.91 Å². The van der Waals surface area contributed by atoms with Crippen molar-refractivity contribution in [3.05, 3.63) is 65.7 Å². The summed E-state index contributed by atoms with van der Waals surface area (Å²) in [6.07, 6.45) is 6.78. The Morgan fingerprint density at radius 2 is 1.77 bits per heavy atom. The molecule has 4 rings (SSSR count). The van der Waals surface area contributed by atoms with Gasteiger partial charge in [-0.3, -0.25) is 14.7 Å². The Labute approximate surface area is 177 Å². The van der Waals surface area contributed by atoms with Gasteiger partial charge < -0.3 is 10.1 Å². The van der Waals surface area contributed by atoms with Gasteiger partial charge in [0.25, 0.3) is 0 Å².